The third-order valence-electron chi connectivity index (χ3n) is 6.47. The van der Waals surface area contributed by atoms with Crippen LogP contribution in [0.2, 0.25) is 5.02 Å². The highest BCUT2D eigenvalue weighted by atomic mass is 35.5. The van der Waals surface area contributed by atoms with Crippen molar-refractivity contribution in [3.63, 3.8) is 0 Å². The van der Waals surface area contributed by atoms with Gasteiger partial charge < -0.3 is 14.5 Å². The van der Waals surface area contributed by atoms with Gasteiger partial charge in [0, 0.05) is 48.0 Å². The maximum atomic E-state index is 13.1. The minimum Gasteiger partial charge on any atom is -0.488 e. The van der Waals surface area contributed by atoms with Gasteiger partial charge in [0.25, 0.3) is 11.1 Å². The Morgan fingerprint density at radius 3 is 2.34 bits per heavy atom. The highest BCUT2D eigenvalue weighted by Crippen LogP contribution is 2.34. The van der Waals surface area contributed by atoms with E-state index in [-0.39, 0.29) is 24.0 Å². The topological polar surface area (TPSA) is 70.2 Å². The lowest BCUT2D eigenvalue weighted by molar-refractivity contribution is -0.136. The predicted octanol–water partition coefficient (Wildman–Crippen LogP) is 5.30. The minimum absolute atomic E-state index is 0.232. The molecule has 2 fully saturated rings. The zero-order chi connectivity index (χ0) is 26.5. The van der Waals surface area contributed by atoms with Crippen molar-refractivity contribution in [3.8, 4) is 5.75 Å². The van der Waals surface area contributed by atoms with Gasteiger partial charge >= 0.3 is 0 Å². The van der Waals surface area contributed by atoms with E-state index in [9.17, 15) is 14.4 Å². The van der Waals surface area contributed by atoms with E-state index in [0.717, 1.165) is 27.9 Å². The summed E-state index contributed by atoms with van der Waals surface area (Å²) in [5.41, 5.74) is 2.62. The number of carbonyl (C=O) groups excluding carboxylic acids is 3. The van der Waals surface area contributed by atoms with Gasteiger partial charge in [-0.2, -0.15) is 0 Å². The molecule has 2 saturated heterocycles. The average Bonchev–Trinajstić information content (AvgIpc) is 3.21. The van der Waals surface area contributed by atoms with Crippen molar-refractivity contribution >= 4 is 52.2 Å². The van der Waals surface area contributed by atoms with Crippen LogP contribution >= 0.6 is 23.4 Å². The number of benzene rings is 3. The zero-order valence-electron chi connectivity index (χ0n) is 20.6. The van der Waals surface area contributed by atoms with Crippen molar-refractivity contribution in [3.05, 3.63) is 99.9 Å². The summed E-state index contributed by atoms with van der Waals surface area (Å²) >= 11 is 7.07. The molecule has 2 heterocycles. The molecule has 0 bridgehead atoms. The van der Waals surface area contributed by atoms with Crippen LogP contribution in [-0.2, 0) is 16.2 Å². The van der Waals surface area contributed by atoms with Gasteiger partial charge in [-0.05, 0) is 42.1 Å². The molecule has 0 unspecified atom stereocenters. The Bertz CT molecular complexity index is 1370. The molecule has 0 N–H and O–H groups in total. The standard InChI is InChI=1S/C29H26ClN3O4S/c30-24-12-6-4-9-22(24)20-37-25-13-7-5-8-21(25)18-26-28(35)33(29(36)38-26)19-27(34)32-16-14-31(15-17-32)23-10-2-1-3-11-23/h1-13,18H,14-17,19-20H2/b26-18+. The van der Waals surface area contributed by atoms with E-state index in [4.69, 9.17) is 16.3 Å². The summed E-state index contributed by atoms with van der Waals surface area (Å²) in [7, 11) is 0. The second-order valence-corrected chi connectivity index (χ2v) is 10.3. The molecule has 194 valence electrons. The van der Waals surface area contributed by atoms with E-state index in [2.05, 4.69) is 4.90 Å². The van der Waals surface area contributed by atoms with E-state index in [0.29, 0.717) is 42.5 Å². The second kappa shape index (κ2) is 11.8. The van der Waals surface area contributed by atoms with Gasteiger partial charge in [-0.1, -0.05) is 66.2 Å². The molecular formula is C29H26ClN3O4S. The number of halogens is 1. The number of para-hydroxylation sites is 2. The van der Waals surface area contributed by atoms with Gasteiger partial charge in [-0.3, -0.25) is 19.3 Å². The van der Waals surface area contributed by atoms with Crippen LogP contribution in [0.3, 0.4) is 0 Å². The number of hydrogen-bond acceptors (Lipinski definition) is 6. The summed E-state index contributed by atoms with van der Waals surface area (Å²) in [6.07, 6.45) is 1.63. The van der Waals surface area contributed by atoms with Crippen molar-refractivity contribution in [1.82, 2.24) is 9.80 Å². The fraction of sp³-hybridized carbons (Fsp3) is 0.207. The van der Waals surface area contributed by atoms with Crippen LogP contribution < -0.4 is 9.64 Å². The van der Waals surface area contributed by atoms with Crippen LogP contribution in [0, 0.1) is 0 Å². The number of imide groups is 1. The molecule has 0 aliphatic carbocycles. The van der Waals surface area contributed by atoms with E-state index < -0.39 is 11.1 Å². The van der Waals surface area contributed by atoms with Crippen LogP contribution in [0.15, 0.2) is 83.8 Å². The van der Waals surface area contributed by atoms with Crippen LogP contribution in [0.1, 0.15) is 11.1 Å². The molecule has 38 heavy (non-hydrogen) atoms. The number of piperazine rings is 1. The molecule has 9 heteroatoms. The van der Waals surface area contributed by atoms with Gasteiger partial charge in [0.05, 0.1) is 4.91 Å². The van der Waals surface area contributed by atoms with Crippen molar-refractivity contribution in [2.45, 2.75) is 6.61 Å². The number of amides is 3. The van der Waals surface area contributed by atoms with Gasteiger partial charge in [-0.25, -0.2) is 0 Å². The molecule has 5 rings (SSSR count). The quantitative estimate of drug-likeness (QED) is 0.374. The normalized spacial score (nSPS) is 16.9. The number of anilines is 1. The van der Waals surface area contributed by atoms with Crippen LogP contribution in [-0.4, -0.2) is 59.6 Å². The first-order valence-electron chi connectivity index (χ1n) is 12.3. The second-order valence-electron chi connectivity index (χ2n) is 8.89. The van der Waals surface area contributed by atoms with Gasteiger partial charge in [-0.15, -0.1) is 0 Å². The summed E-state index contributed by atoms with van der Waals surface area (Å²) in [6, 6.07) is 24.7. The minimum atomic E-state index is -0.475. The summed E-state index contributed by atoms with van der Waals surface area (Å²) in [4.78, 5) is 43.9. The summed E-state index contributed by atoms with van der Waals surface area (Å²) in [5, 5.41) is 0.157. The number of rotatable bonds is 7. The van der Waals surface area contributed by atoms with E-state index >= 15 is 0 Å². The lowest BCUT2D eigenvalue weighted by atomic mass is 10.1. The predicted molar refractivity (Wildman–Crippen MR) is 150 cm³/mol. The smallest absolute Gasteiger partial charge is 0.294 e. The number of nitrogens with zero attached hydrogens (tertiary/aromatic N) is 3. The molecule has 3 aromatic carbocycles. The summed E-state index contributed by atoms with van der Waals surface area (Å²) < 4.78 is 5.97. The molecule has 0 saturated carbocycles. The van der Waals surface area contributed by atoms with Crippen molar-refractivity contribution < 1.29 is 19.1 Å². The first kappa shape index (κ1) is 25.9. The Balaban J connectivity index is 1.21. The number of ether oxygens (including phenoxy) is 1. The Labute approximate surface area is 230 Å². The molecule has 3 aromatic rings. The first-order valence-corrected chi connectivity index (χ1v) is 13.5. The number of thioether (sulfide) groups is 1. The van der Waals surface area contributed by atoms with E-state index in [1.54, 1.807) is 23.1 Å². The van der Waals surface area contributed by atoms with E-state index in [1.165, 1.54) is 0 Å². The maximum absolute atomic E-state index is 13.1. The summed E-state index contributed by atoms with van der Waals surface area (Å²) in [6.45, 7) is 2.47. The fourth-order valence-corrected chi connectivity index (χ4v) is 5.39. The Hall–Kier alpha value is -3.75. The molecule has 0 spiro atoms. The highest BCUT2D eigenvalue weighted by Gasteiger charge is 2.37. The number of carbonyl (C=O) groups is 3. The summed E-state index contributed by atoms with van der Waals surface area (Å²) in [5.74, 6) is -0.145. The third-order valence-corrected chi connectivity index (χ3v) is 7.74. The molecule has 2 aliphatic rings. The lowest BCUT2D eigenvalue weighted by Crippen LogP contribution is -2.51. The largest absolute Gasteiger partial charge is 0.488 e. The first-order chi connectivity index (χ1) is 18.5. The van der Waals surface area contributed by atoms with Crippen LogP contribution in [0.4, 0.5) is 10.5 Å². The molecule has 3 amide bonds. The number of hydrogen-bond donors (Lipinski definition) is 0. The molecule has 7 nitrogen and oxygen atoms in total. The molecule has 2 aliphatic heterocycles. The van der Waals surface area contributed by atoms with Gasteiger partial charge in [0.2, 0.25) is 5.91 Å². The molecule has 0 radical (unpaired) electrons. The van der Waals surface area contributed by atoms with Crippen LogP contribution in [0.25, 0.3) is 6.08 Å². The highest BCUT2D eigenvalue weighted by molar-refractivity contribution is 8.18. The SMILES string of the molecule is O=C(CN1C(=O)S/C(=C/c2ccccc2OCc2ccccc2Cl)C1=O)N1CCN(c2ccccc2)CC1. The van der Waals surface area contributed by atoms with Crippen molar-refractivity contribution in [2.24, 2.45) is 0 Å². The maximum Gasteiger partial charge on any atom is 0.294 e. The van der Waals surface area contributed by atoms with Crippen molar-refractivity contribution in [1.29, 1.82) is 0 Å². The Kier molecular flexibility index (Phi) is 8.00. The van der Waals surface area contributed by atoms with Crippen molar-refractivity contribution in [2.75, 3.05) is 37.6 Å². The third kappa shape index (κ3) is 5.87. The zero-order valence-corrected chi connectivity index (χ0v) is 22.2. The fourth-order valence-electron chi connectivity index (χ4n) is 4.37. The van der Waals surface area contributed by atoms with Gasteiger partial charge in [0.15, 0.2) is 0 Å². The molecule has 0 aromatic heterocycles. The van der Waals surface area contributed by atoms with Crippen LogP contribution in [0.5, 0.6) is 5.75 Å². The lowest BCUT2D eigenvalue weighted by Gasteiger charge is -2.36. The monoisotopic (exact) mass is 547 g/mol. The van der Waals surface area contributed by atoms with E-state index in [1.807, 2.05) is 66.7 Å². The molecular weight excluding hydrogens is 522 g/mol. The average molecular weight is 548 g/mol. The molecule has 0 atom stereocenters. The van der Waals surface area contributed by atoms with Gasteiger partial charge in [0.1, 0.15) is 18.9 Å². The Morgan fingerprint density at radius 2 is 1.58 bits per heavy atom. The Morgan fingerprint density at radius 1 is 0.895 bits per heavy atom.